The summed E-state index contributed by atoms with van der Waals surface area (Å²) in [7, 11) is 0. The fourth-order valence-electron chi connectivity index (χ4n) is 1.40. The fraction of sp³-hybridized carbons (Fsp3) is 0.182. The first-order chi connectivity index (χ1) is 7.25. The Morgan fingerprint density at radius 1 is 1.47 bits per heavy atom. The van der Waals surface area contributed by atoms with E-state index >= 15 is 0 Å². The predicted octanol–water partition coefficient (Wildman–Crippen LogP) is 3.69. The Hall–Kier alpha value is -0.360. The molecule has 0 radical (unpaired) electrons. The molecule has 1 atom stereocenters. The molecular weight excluding hydrogens is 367 g/mol. The summed E-state index contributed by atoms with van der Waals surface area (Å²) in [6.45, 7) is 0. The first kappa shape index (κ1) is 11.1. The quantitative estimate of drug-likeness (QED) is 0.642. The Morgan fingerprint density at radius 2 is 2.33 bits per heavy atom. The highest BCUT2D eigenvalue weighted by atomic mass is 127. The number of benzene rings is 1. The zero-order valence-electron chi connectivity index (χ0n) is 7.95. The number of aromatic nitrogens is 2. The summed E-state index contributed by atoms with van der Waals surface area (Å²) in [5, 5.41) is 0. The molecule has 1 aromatic heterocycles. The maximum atomic E-state index is 4.22. The molecule has 0 amide bonds. The van der Waals surface area contributed by atoms with Crippen LogP contribution in [0.25, 0.3) is 0 Å². The van der Waals surface area contributed by atoms with Gasteiger partial charge in [0.1, 0.15) is 5.82 Å². The van der Waals surface area contributed by atoms with Gasteiger partial charge in [-0.25, -0.2) is 4.98 Å². The molecule has 0 aliphatic carbocycles. The van der Waals surface area contributed by atoms with E-state index in [9.17, 15) is 0 Å². The Bertz CT molecular complexity index is 428. The number of imidazole rings is 1. The number of H-pyrrole nitrogens is 1. The highest BCUT2D eigenvalue weighted by Crippen LogP contribution is 2.26. The average molecular weight is 377 g/mol. The Morgan fingerprint density at radius 3 is 3.00 bits per heavy atom. The van der Waals surface area contributed by atoms with Gasteiger partial charge in [-0.3, -0.25) is 0 Å². The summed E-state index contributed by atoms with van der Waals surface area (Å²) in [5.41, 5.74) is 1.29. The molecule has 78 valence electrons. The molecular formula is C11H10BrIN2. The fourth-order valence-corrected chi connectivity index (χ4v) is 2.56. The third-order valence-electron chi connectivity index (χ3n) is 2.14. The van der Waals surface area contributed by atoms with Crippen LogP contribution in [0.1, 0.15) is 16.2 Å². The van der Waals surface area contributed by atoms with Crippen LogP contribution in [0.15, 0.2) is 36.7 Å². The lowest BCUT2D eigenvalue weighted by Crippen LogP contribution is -1.97. The molecule has 1 N–H and O–H groups in total. The summed E-state index contributed by atoms with van der Waals surface area (Å²) in [4.78, 5) is 7.64. The van der Waals surface area contributed by atoms with Gasteiger partial charge in [-0.2, -0.15) is 0 Å². The lowest BCUT2D eigenvalue weighted by molar-refractivity contribution is 0.876. The third-order valence-corrected chi connectivity index (χ3v) is 3.66. The van der Waals surface area contributed by atoms with Gasteiger partial charge < -0.3 is 4.98 Å². The van der Waals surface area contributed by atoms with Crippen LogP contribution >= 0.6 is 38.5 Å². The molecule has 0 saturated carbocycles. The molecule has 1 unspecified atom stereocenters. The highest BCUT2D eigenvalue weighted by Gasteiger charge is 2.09. The van der Waals surface area contributed by atoms with E-state index < -0.39 is 0 Å². The number of nitrogens with one attached hydrogen (secondary N) is 1. The van der Waals surface area contributed by atoms with Crippen molar-refractivity contribution < 1.29 is 0 Å². The largest absolute Gasteiger partial charge is 0.349 e. The molecule has 0 fully saturated rings. The van der Waals surface area contributed by atoms with Crippen molar-refractivity contribution in [2.45, 2.75) is 11.2 Å². The molecule has 4 heteroatoms. The van der Waals surface area contributed by atoms with Crippen LogP contribution in [-0.4, -0.2) is 9.97 Å². The molecule has 2 nitrogen and oxygen atoms in total. The van der Waals surface area contributed by atoms with Crippen LogP contribution in [0, 0.1) is 3.57 Å². The van der Waals surface area contributed by atoms with Gasteiger partial charge in [0.15, 0.2) is 0 Å². The zero-order chi connectivity index (χ0) is 10.7. The van der Waals surface area contributed by atoms with Gasteiger partial charge in [-0.15, -0.1) is 0 Å². The molecule has 0 spiro atoms. The molecule has 0 saturated heterocycles. The molecule has 1 aromatic carbocycles. The van der Waals surface area contributed by atoms with Gasteiger partial charge in [-0.1, -0.05) is 28.1 Å². The molecule has 0 aliphatic heterocycles. The van der Waals surface area contributed by atoms with Crippen LogP contribution in [0.3, 0.4) is 0 Å². The van der Waals surface area contributed by atoms with E-state index in [0.717, 1.165) is 12.2 Å². The van der Waals surface area contributed by atoms with Crippen molar-refractivity contribution in [3.8, 4) is 0 Å². The molecule has 0 aliphatic rings. The SMILES string of the molecule is BrC(Cc1ncc[nH]1)c1cccc(I)c1. The molecule has 2 rings (SSSR count). The number of nitrogens with zero attached hydrogens (tertiary/aromatic N) is 1. The van der Waals surface area contributed by atoms with Gasteiger partial charge in [0.05, 0.1) is 0 Å². The van der Waals surface area contributed by atoms with Gasteiger partial charge >= 0.3 is 0 Å². The number of hydrogen-bond donors (Lipinski definition) is 1. The molecule has 2 aromatic rings. The highest BCUT2D eigenvalue weighted by molar-refractivity contribution is 14.1. The van der Waals surface area contributed by atoms with E-state index in [-0.39, 0.29) is 0 Å². The number of aromatic amines is 1. The second-order valence-corrected chi connectivity index (χ2v) is 5.61. The summed E-state index contributed by atoms with van der Waals surface area (Å²) in [5.74, 6) is 1.01. The third kappa shape index (κ3) is 3.04. The van der Waals surface area contributed by atoms with Crippen LogP contribution in [0.5, 0.6) is 0 Å². The zero-order valence-corrected chi connectivity index (χ0v) is 11.7. The molecule has 15 heavy (non-hydrogen) atoms. The summed E-state index contributed by atoms with van der Waals surface area (Å²) in [6.07, 6.45) is 4.51. The lowest BCUT2D eigenvalue weighted by atomic mass is 10.1. The maximum Gasteiger partial charge on any atom is 0.107 e. The minimum Gasteiger partial charge on any atom is -0.349 e. The summed E-state index contributed by atoms with van der Waals surface area (Å²) in [6, 6.07) is 8.48. The Balaban J connectivity index is 2.11. The minimum atomic E-state index is 0.318. The van der Waals surface area contributed by atoms with Crippen molar-refractivity contribution in [2.75, 3.05) is 0 Å². The average Bonchev–Trinajstić information content (AvgIpc) is 2.70. The summed E-state index contributed by atoms with van der Waals surface area (Å²) < 4.78 is 1.26. The smallest absolute Gasteiger partial charge is 0.107 e. The van der Waals surface area contributed by atoms with Crippen LogP contribution < -0.4 is 0 Å². The van der Waals surface area contributed by atoms with E-state index in [1.54, 1.807) is 6.20 Å². The van der Waals surface area contributed by atoms with E-state index in [1.165, 1.54) is 9.13 Å². The standard InChI is InChI=1S/C11H10BrIN2/c12-10(7-11-14-4-5-15-11)8-2-1-3-9(13)6-8/h1-6,10H,7H2,(H,14,15). The number of halogens is 2. The number of rotatable bonds is 3. The first-order valence-corrected chi connectivity index (χ1v) is 6.63. The lowest BCUT2D eigenvalue weighted by Gasteiger charge is -2.08. The Labute approximate surface area is 111 Å². The van der Waals surface area contributed by atoms with Crippen molar-refractivity contribution in [3.05, 3.63) is 51.6 Å². The van der Waals surface area contributed by atoms with E-state index in [4.69, 9.17) is 0 Å². The number of alkyl halides is 1. The van der Waals surface area contributed by atoms with E-state index in [0.29, 0.717) is 4.83 Å². The van der Waals surface area contributed by atoms with Gasteiger partial charge in [0.25, 0.3) is 0 Å². The van der Waals surface area contributed by atoms with E-state index in [1.807, 2.05) is 6.20 Å². The van der Waals surface area contributed by atoms with Crippen molar-refractivity contribution in [3.63, 3.8) is 0 Å². The predicted molar refractivity (Wildman–Crippen MR) is 73.1 cm³/mol. The normalized spacial score (nSPS) is 12.7. The minimum absolute atomic E-state index is 0.318. The van der Waals surface area contributed by atoms with Gasteiger partial charge in [0.2, 0.25) is 0 Å². The first-order valence-electron chi connectivity index (χ1n) is 4.63. The van der Waals surface area contributed by atoms with E-state index in [2.05, 4.69) is 72.8 Å². The second-order valence-electron chi connectivity index (χ2n) is 3.26. The van der Waals surface area contributed by atoms with Gasteiger partial charge in [0, 0.05) is 27.2 Å². The number of hydrogen-bond acceptors (Lipinski definition) is 1. The van der Waals surface area contributed by atoms with Crippen LogP contribution in [0.2, 0.25) is 0 Å². The van der Waals surface area contributed by atoms with Crippen LogP contribution in [0.4, 0.5) is 0 Å². The second kappa shape index (κ2) is 5.12. The maximum absolute atomic E-state index is 4.22. The van der Waals surface area contributed by atoms with Gasteiger partial charge in [-0.05, 0) is 40.3 Å². The van der Waals surface area contributed by atoms with Crippen LogP contribution in [-0.2, 0) is 6.42 Å². The topological polar surface area (TPSA) is 28.7 Å². The van der Waals surface area contributed by atoms with Crippen molar-refractivity contribution >= 4 is 38.5 Å². The molecule has 1 heterocycles. The van der Waals surface area contributed by atoms with Crippen molar-refractivity contribution in [2.24, 2.45) is 0 Å². The van der Waals surface area contributed by atoms with Crippen molar-refractivity contribution in [1.82, 2.24) is 9.97 Å². The Kier molecular flexibility index (Phi) is 3.80. The monoisotopic (exact) mass is 376 g/mol. The summed E-state index contributed by atoms with van der Waals surface area (Å²) >= 11 is 6.00. The van der Waals surface area contributed by atoms with Crippen molar-refractivity contribution in [1.29, 1.82) is 0 Å². The molecule has 0 bridgehead atoms.